The minimum Gasteiger partial charge on any atom is -0.334 e. The molecule has 0 bridgehead atoms. The maximum Gasteiger partial charge on any atom is 0.326 e. The minimum absolute atomic E-state index is 0.242. The van der Waals surface area contributed by atoms with Crippen LogP contribution in [-0.2, 0) is 0 Å². The first-order valence-corrected chi connectivity index (χ1v) is 11.0. The average Bonchev–Trinajstić information content (AvgIpc) is 3.30. The molecule has 34 heavy (non-hydrogen) atoms. The monoisotopic (exact) mass is 454 g/mol. The van der Waals surface area contributed by atoms with E-state index in [2.05, 4.69) is 15.5 Å². The van der Waals surface area contributed by atoms with E-state index in [0.29, 0.717) is 28.5 Å². The van der Waals surface area contributed by atoms with Crippen LogP contribution in [0.5, 0.6) is 0 Å². The summed E-state index contributed by atoms with van der Waals surface area (Å²) in [5.74, 6) is 0.297. The number of amides is 2. The molecule has 7 heteroatoms. The van der Waals surface area contributed by atoms with Crippen LogP contribution in [-0.4, -0.2) is 16.2 Å². The first kappa shape index (κ1) is 21.6. The van der Waals surface area contributed by atoms with E-state index in [0.717, 1.165) is 22.4 Å². The Bertz CT molecular complexity index is 1370. The molecule has 1 aliphatic heterocycles. The first-order chi connectivity index (χ1) is 16.4. The van der Waals surface area contributed by atoms with Crippen LogP contribution in [0.4, 0.5) is 14.9 Å². The van der Waals surface area contributed by atoms with Crippen LogP contribution >= 0.6 is 0 Å². The Labute approximate surface area is 196 Å². The highest BCUT2D eigenvalue weighted by atomic mass is 19.1. The number of aromatic nitrogens is 2. The van der Waals surface area contributed by atoms with Crippen LogP contribution in [0.1, 0.15) is 35.5 Å². The van der Waals surface area contributed by atoms with Gasteiger partial charge in [0.25, 0.3) is 5.89 Å². The summed E-state index contributed by atoms with van der Waals surface area (Å²) in [5.41, 5.74) is 5.87. The topological polar surface area (TPSA) is 71.3 Å². The van der Waals surface area contributed by atoms with Gasteiger partial charge in [-0.2, -0.15) is 4.98 Å². The van der Waals surface area contributed by atoms with Crippen molar-refractivity contribution < 1.29 is 13.7 Å². The zero-order chi connectivity index (χ0) is 23.8. The maximum absolute atomic E-state index is 13.4. The molecule has 2 heterocycles. The van der Waals surface area contributed by atoms with Gasteiger partial charge < -0.3 is 9.84 Å². The number of rotatable bonds is 4. The molecule has 4 aromatic rings. The zero-order valence-corrected chi connectivity index (χ0v) is 19.0. The SMILES string of the molecule is CC1=C(c2nc(-c3ccc(F)cc3)no2)C(c2ccc(C)cc2)NC(=O)N1c1ccc(C)cc1. The molecule has 0 spiro atoms. The smallest absolute Gasteiger partial charge is 0.326 e. The van der Waals surface area contributed by atoms with Gasteiger partial charge in [0.15, 0.2) is 0 Å². The summed E-state index contributed by atoms with van der Waals surface area (Å²) in [4.78, 5) is 19.5. The number of aryl methyl sites for hydroxylation is 2. The molecule has 5 rings (SSSR count). The van der Waals surface area contributed by atoms with Gasteiger partial charge in [0, 0.05) is 11.3 Å². The fourth-order valence-electron chi connectivity index (χ4n) is 4.08. The number of nitrogens with one attached hydrogen (secondary N) is 1. The Morgan fingerprint density at radius 2 is 1.50 bits per heavy atom. The molecule has 2 amide bonds. The third kappa shape index (κ3) is 3.96. The van der Waals surface area contributed by atoms with Crippen LogP contribution in [0.3, 0.4) is 0 Å². The molecular formula is C27H23FN4O2. The van der Waals surface area contributed by atoms with Gasteiger partial charge in [0.1, 0.15) is 5.82 Å². The van der Waals surface area contributed by atoms with E-state index in [9.17, 15) is 9.18 Å². The third-order valence-electron chi connectivity index (χ3n) is 5.95. The van der Waals surface area contributed by atoms with Gasteiger partial charge in [0.2, 0.25) is 5.82 Å². The third-order valence-corrected chi connectivity index (χ3v) is 5.95. The molecule has 1 aromatic heterocycles. The number of carbonyl (C=O) groups excluding carboxylic acids is 1. The van der Waals surface area contributed by atoms with E-state index in [1.165, 1.54) is 12.1 Å². The molecular weight excluding hydrogens is 431 g/mol. The number of nitrogens with zero attached hydrogens (tertiary/aromatic N) is 3. The minimum atomic E-state index is -0.476. The summed E-state index contributed by atoms with van der Waals surface area (Å²) in [6.45, 7) is 5.88. The van der Waals surface area contributed by atoms with Gasteiger partial charge in [-0.25, -0.2) is 9.18 Å². The summed E-state index contributed by atoms with van der Waals surface area (Å²) in [6.07, 6.45) is 0. The molecule has 6 nitrogen and oxygen atoms in total. The lowest BCUT2D eigenvalue weighted by Crippen LogP contribution is -2.46. The molecule has 0 saturated heterocycles. The Balaban J connectivity index is 1.64. The van der Waals surface area contributed by atoms with Gasteiger partial charge in [0.05, 0.1) is 17.3 Å². The van der Waals surface area contributed by atoms with E-state index in [4.69, 9.17) is 4.52 Å². The van der Waals surface area contributed by atoms with Crippen molar-refractivity contribution in [3.8, 4) is 11.4 Å². The van der Waals surface area contributed by atoms with Gasteiger partial charge in [-0.05, 0) is 62.7 Å². The molecule has 1 aliphatic rings. The van der Waals surface area contributed by atoms with E-state index in [1.807, 2.05) is 69.3 Å². The number of anilines is 1. The number of hydrogen-bond donors (Lipinski definition) is 1. The fraction of sp³-hybridized carbons (Fsp3) is 0.148. The van der Waals surface area contributed by atoms with Gasteiger partial charge in [-0.15, -0.1) is 0 Å². The van der Waals surface area contributed by atoms with Gasteiger partial charge in [-0.1, -0.05) is 52.7 Å². The quantitative estimate of drug-likeness (QED) is 0.399. The molecule has 1 N–H and O–H groups in total. The van der Waals surface area contributed by atoms with E-state index < -0.39 is 6.04 Å². The highest BCUT2D eigenvalue weighted by Crippen LogP contribution is 2.39. The number of hydrogen-bond acceptors (Lipinski definition) is 4. The van der Waals surface area contributed by atoms with Crippen molar-refractivity contribution in [1.82, 2.24) is 15.5 Å². The number of urea groups is 1. The van der Waals surface area contributed by atoms with E-state index >= 15 is 0 Å². The summed E-state index contributed by atoms with van der Waals surface area (Å²) in [6, 6.07) is 20.9. The van der Waals surface area contributed by atoms with Crippen LogP contribution in [0.2, 0.25) is 0 Å². The Kier molecular flexibility index (Phi) is 5.45. The van der Waals surface area contributed by atoms with Crippen LogP contribution in [0, 0.1) is 19.7 Å². The molecule has 1 unspecified atom stereocenters. The average molecular weight is 455 g/mol. The van der Waals surface area contributed by atoms with Crippen LogP contribution in [0.15, 0.2) is 83.0 Å². The second-order valence-corrected chi connectivity index (χ2v) is 8.39. The van der Waals surface area contributed by atoms with Crippen LogP contribution in [0.25, 0.3) is 17.0 Å². The molecule has 0 radical (unpaired) electrons. The summed E-state index contributed by atoms with van der Waals surface area (Å²) in [7, 11) is 0. The second-order valence-electron chi connectivity index (χ2n) is 8.39. The summed E-state index contributed by atoms with van der Waals surface area (Å²) < 4.78 is 19.0. The zero-order valence-electron chi connectivity index (χ0n) is 19.0. The molecule has 1 atom stereocenters. The number of allylic oxidation sites excluding steroid dienone is 1. The normalized spacial score (nSPS) is 16.1. The predicted molar refractivity (Wildman–Crippen MR) is 128 cm³/mol. The standard InChI is InChI=1S/C27H23FN4O2/c1-16-4-8-19(9-5-16)24-23(26-30-25(31-34-26)20-10-12-21(28)13-11-20)18(3)32(27(33)29-24)22-14-6-17(2)7-15-22/h4-15,24H,1-3H3,(H,29,33). The van der Waals surface area contributed by atoms with Crippen molar-refractivity contribution >= 4 is 17.3 Å². The lowest BCUT2D eigenvalue weighted by atomic mass is 9.94. The van der Waals surface area contributed by atoms with E-state index in [-0.39, 0.29) is 11.8 Å². The number of carbonyl (C=O) groups is 1. The van der Waals surface area contributed by atoms with E-state index in [1.54, 1.807) is 17.0 Å². The highest BCUT2D eigenvalue weighted by Gasteiger charge is 2.36. The van der Waals surface area contributed by atoms with Gasteiger partial charge >= 0.3 is 6.03 Å². The largest absolute Gasteiger partial charge is 0.334 e. The number of halogens is 1. The molecule has 0 aliphatic carbocycles. The fourth-order valence-corrected chi connectivity index (χ4v) is 4.08. The Hall–Kier alpha value is -4.26. The van der Waals surface area contributed by atoms with Crippen molar-refractivity contribution in [2.45, 2.75) is 26.8 Å². The van der Waals surface area contributed by atoms with Crippen molar-refractivity contribution in [2.75, 3.05) is 4.90 Å². The van der Waals surface area contributed by atoms with Crippen molar-refractivity contribution in [3.05, 3.63) is 107 Å². The summed E-state index contributed by atoms with van der Waals surface area (Å²) in [5, 5.41) is 7.22. The summed E-state index contributed by atoms with van der Waals surface area (Å²) >= 11 is 0. The lowest BCUT2D eigenvalue weighted by Gasteiger charge is -2.35. The van der Waals surface area contributed by atoms with Crippen molar-refractivity contribution in [3.63, 3.8) is 0 Å². The Morgan fingerprint density at radius 3 is 2.15 bits per heavy atom. The lowest BCUT2D eigenvalue weighted by molar-refractivity contribution is 0.244. The highest BCUT2D eigenvalue weighted by molar-refractivity contribution is 6.01. The first-order valence-electron chi connectivity index (χ1n) is 11.0. The molecule has 0 saturated carbocycles. The van der Waals surface area contributed by atoms with Crippen molar-refractivity contribution in [2.24, 2.45) is 0 Å². The van der Waals surface area contributed by atoms with Gasteiger partial charge in [-0.3, -0.25) is 4.90 Å². The maximum atomic E-state index is 13.4. The number of benzene rings is 3. The molecule has 3 aromatic carbocycles. The van der Waals surface area contributed by atoms with Crippen molar-refractivity contribution in [1.29, 1.82) is 0 Å². The predicted octanol–water partition coefficient (Wildman–Crippen LogP) is 6.19. The van der Waals surface area contributed by atoms with Crippen LogP contribution < -0.4 is 10.2 Å². The molecule has 0 fully saturated rings. The molecule has 170 valence electrons. The second kappa shape index (κ2) is 8.59. The Morgan fingerprint density at radius 1 is 0.882 bits per heavy atom.